The van der Waals surface area contributed by atoms with Gasteiger partial charge in [-0.3, -0.25) is 19.5 Å². The molecular formula is C31H27ClN4O5. The van der Waals surface area contributed by atoms with Crippen LogP contribution in [-0.4, -0.2) is 47.0 Å². The van der Waals surface area contributed by atoms with Crippen molar-refractivity contribution >= 4 is 29.4 Å². The van der Waals surface area contributed by atoms with Crippen LogP contribution >= 0.6 is 11.6 Å². The van der Waals surface area contributed by atoms with Crippen molar-refractivity contribution in [2.75, 3.05) is 26.1 Å². The zero-order valence-electron chi connectivity index (χ0n) is 22.4. The topological polar surface area (TPSA) is 98.8 Å². The summed E-state index contributed by atoms with van der Waals surface area (Å²) in [5.74, 6) is 0.646. The molecule has 0 saturated carbocycles. The van der Waals surface area contributed by atoms with E-state index >= 15 is 0 Å². The molecule has 1 N–H and O–H groups in total. The maximum atomic E-state index is 13.4. The number of nitrogens with one attached hydrogen (secondary N) is 1. The van der Waals surface area contributed by atoms with Crippen LogP contribution in [0.2, 0.25) is 5.02 Å². The predicted octanol–water partition coefficient (Wildman–Crippen LogP) is 6.08. The zero-order chi connectivity index (χ0) is 28.8. The van der Waals surface area contributed by atoms with Gasteiger partial charge < -0.3 is 18.8 Å². The van der Waals surface area contributed by atoms with Gasteiger partial charge in [0.1, 0.15) is 6.54 Å². The molecule has 2 heterocycles. The highest BCUT2D eigenvalue weighted by atomic mass is 35.5. The summed E-state index contributed by atoms with van der Waals surface area (Å²) in [6.07, 6.45) is 3.22. The van der Waals surface area contributed by atoms with E-state index in [0.29, 0.717) is 27.9 Å². The van der Waals surface area contributed by atoms with E-state index in [9.17, 15) is 9.59 Å². The number of hydrogen-bond donors (Lipinski definition) is 1. The number of halogens is 1. The smallest absolute Gasteiger partial charge is 0.290 e. The highest BCUT2D eigenvalue weighted by Crippen LogP contribution is 2.32. The average Bonchev–Trinajstić information content (AvgIpc) is 3.68. The lowest BCUT2D eigenvalue weighted by atomic mass is 10.2. The minimum atomic E-state index is -0.434. The molecule has 0 fully saturated rings. The highest BCUT2D eigenvalue weighted by Gasteiger charge is 2.23. The number of anilines is 1. The Kier molecular flexibility index (Phi) is 8.36. The molecule has 2 aromatic heterocycles. The second-order valence-electron chi connectivity index (χ2n) is 9.04. The van der Waals surface area contributed by atoms with Crippen LogP contribution in [-0.2, 0) is 11.3 Å². The summed E-state index contributed by atoms with van der Waals surface area (Å²) in [5.41, 5.74) is 2.97. The molecule has 0 unspecified atom stereocenters. The predicted molar refractivity (Wildman–Crippen MR) is 156 cm³/mol. The molecule has 0 aliphatic heterocycles. The van der Waals surface area contributed by atoms with Crippen molar-refractivity contribution in [3.8, 4) is 28.4 Å². The molecule has 5 rings (SSSR count). The molecule has 0 atom stereocenters. The number of nitrogens with zero attached hydrogens (tertiary/aromatic N) is 3. The minimum Gasteiger partial charge on any atom is -0.493 e. The number of carbonyl (C=O) groups is 2. The largest absolute Gasteiger partial charge is 0.493 e. The normalized spacial score (nSPS) is 10.7. The Labute approximate surface area is 241 Å². The van der Waals surface area contributed by atoms with Crippen LogP contribution in [0.4, 0.5) is 5.95 Å². The van der Waals surface area contributed by atoms with E-state index < -0.39 is 11.8 Å². The van der Waals surface area contributed by atoms with Crippen LogP contribution in [0.5, 0.6) is 11.5 Å². The molecule has 10 heteroatoms. The third-order valence-corrected chi connectivity index (χ3v) is 6.56. The third kappa shape index (κ3) is 6.42. The number of carbonyl (C=O) groups excluding carboxylic acids is 2. The summed E-state index contributed by atoms with van der Waals surface area (Å²) < 4.78 is 17.9. The molecule has 41 heavy (non-hydrogen) atoms. The molecule has 0 aliphatic carbocycles. The van der Waals surface area contributed by atoms with Crippen molar-refractivity contribution in [3.05, 3.63) is 114 Å². The van der Waals surface area contributed by atoms with Crippen molar-refractivity contribution in [2.24, 2.45) is 0 Å². The first-order valence-corrected chi connectivity index (χ1v) is 13.1. The molecular weight excluding hydrogens is 544 g/mol. The summed E-state index contributed by atoms with van der Waals surface area (Å²) in [4.78, 5) is 32.8. The molecule has 0 radical (unpaired) electrons. The van der Waals surface area contributed by atoms with E-state index in [2.05, 4.69) is 5.32 Å². The molecule has 0 spiro atoms. The molecule has 0 aliphatic rings. The summed E-state index contributed by atoms with van der Waals surface area (Å²) in [5, 5.41) is 3.48. The fourth-order valence-electron chi connectivity index (χ4n) is 4.30. The summed E-state index contributed by atoms with van der Waals surface area (Å²) in [7, 11) is 3.11. The number of aromatic nitrogens is 2. The van der Waals surface area contributed by atoms with Gasteiger partial charge in [-0.15, -0.1) is 0 Å². The molecule has 208 valence electrons. The van der Waals surface area contributed by atoms with Crippen LogP contribution < -0.4 is 14.8 Å². The average molecular weight is 571 g/mol. The Morgan fingerprint density at radius 1 is 0.951 bits per heavy atom. The third-order valence-electron chi connectivity index (χ3n) is 6.31. The molecule has 9 nitrogen and oxygen atoms in total. The lowest BCUT2D eigenvalue weighted by molar-refractivity contribution is -0.117. The minimum absolute atomic E-state index is 0.144. The highest BCUT2D eigenvalue weighted by molar-refractivity contribution is 6.30. The molecule has 2 amide bonds. The van der Waals surface area contributed by atoms with E-state index in [-0.39, 0.29) is 24.8 Å². The first-order chi connectivity index (χ1) is 19.9. The van der Waals surface area contributed by atoms with Crippen molar-refractivity contribution in [1.29, 1.82) is 0 Å². The number of amides is 2. The Bertz CT molecular complexity index is 1630. The van der Waals surface area contributed by atoms with Crippen LogP contribution in [0, 0.1) is 0 Å². The second-order valence-corrected chi connectivity index (χ2v) is 9.47. The van der Waals surface area contributed by atoms with E-state index in [4.69, 9.17) is 30.5 Å². The molecule has 3 aromatic carbocycles. The van der Waals surface area contributed by atoms with Gasteiger partial charge in [0.05, 0.1) is 31.9 Å². The molecule has 5 aromatic rings. The summed E-state index contributed by atoms with van der Waals surface area (Å²) >= 11 is 6.08. The van der Waals surface area contributed by atoms with Gasteiger partial charge in [0.25, 0.3) is 5.91 Å². The van der Waals surface area contributed by atoms with Gasteiger partial charge in [-0.05, 0) is 42.0 Å². The zero-order valence-corrected chi connectivity index (χ0v) is 23.2. The number of methoxy groups -OCH3 is 2. The van der Waals surface area contributed by atoms with Crippen LogP contribution in [0.3, 0.4) is 0 Å². The number of furan rings is 1. The van der Waals surface area contributed by atoms with Crippen LogP contribution in [0.1, 0.15) is 16.1 Å². The van der Waals surface area contributed by atoms with Crippen molar-refractivity contribution in [2.45, 2.75) is 6.54 Å². The fourth-order valence-corrected chi connectivity index (χ4v) is 4.42. The standard InChI is InChI=1S/C31H27ClN4O5/c1-39-26-15-14-24(17-28(26)40-2)36-19-25(22-10-12-23(32)13-11-22)33-31(36)34-29(37)20-35(18-21-7-4-3-5-8-21)30(38)27-9-6-16-41-27/h3-17,19H,18,20H2,1-2H3,(H,33,34,37). The maximum Gasteiger partial charge on any atom is 0.290 e. The molecule has 0 bridgehead atoms. The molecule has 0 saturated heterocycles. The van der Waals surface area contributed by atoms with Crippen molar-refractivity contribution in [1.82, 2.24) is 14.5 Å². The van der Waals surface area contributed by atoms with Crippen LogP contribution in [0.15, 0.2) is 102 Å². The fraction of sp³-hybridized carbons (Fsp3) is 0.129. The van der Waals surface area contributed by atoms with Gasteiger partial charge in [-0.2, -0.15) is 0 Å². The van der Waals surface area contributed by atoms with Gasteiger partial charge in [-0.1, -0.05) is 54.1 Å². The Balaban J connectivity index is 1.46. The number of ether oxygens (including phenoxy) is 2. The van der Waals surface area contributed by atoms with Gasteiger partial charge >= 0.3 is 0 Å². The lowest BCUT2D eigenvalue weighted by Crippen LogP contribution is -2.37. The van der Waals surface area contributed by atoms with E-state index in [1.165, 1.54) is 11.2 Å². The Morgan fingerprint density at radius 2 is 1.71 bits per heavy atom. The summed E-state index contributed by atoms with van der Waals surface area (Å²) in [6.45, 7) is -0.0164. The Hall–Kier alpha value is -5.02. The van der Waals surface area contributed by atoms with Gasteiger partial charge in [-0.25, -0.2) is 4.98 Å². The van der Waals surface area contributed by atoms with Gasteiger partial charge in [0, 0.05) is 29.4 Å². The van der Waals surface area contributed by atoms with Crippen molar-refractivity contribution < 1.29 is 23.5 Å². The summed E-state index contributed by atoms with van der Waals surface area (Å²) in [6, 6.07) is 25.2. The van der Waals surface area contributed by atoms with Gasteiger partial charge in [0.2, 0.25) is 11.9 Å². The maximum absolute atomic E-state index is 13.4. The number of hydrogen-bond acceptors (Lipinski definition) is 6. The quantitative estimate of drug-likeness (QED) is 0.218. The SMILES string of the molecule is COc1ccc(-n2cc(-c3ccc(Cl)cc3)nc2NC(=O)CN(Cc2ccccc2)C(=O)c2ccco2)cc1OC. The number of benzene rings is 3. The van der Waals surface area contributed by atoms with Crippen molar-refractivity contribution in [3.63, 3.8) is 0 Å². The number of imidazole rings is 1. The first-order valence-electron chi connectivity index (χ1n) is 12.7. The van der Waals surface area contributed by atoms with Crippen LogP contribution in [0.25, 0.3) is 16.9 Å². The van der Waals surface area contributed by atoms with Gasteiger partial charge in [0.15, 0.2) is 17.3 Å². The first kappa shape index (κ1) is 27.5. The van der Waals surface area contributed by atoms with E-state index in [1.54, 1.807) is 61.4 Å². The van der Waals surface area contributed by atoms with E-state index in [1.807, 2.05) is 48.5 Å². The van der Waals surface area contributed by atoms with E-state index in [0.717, 1.165) is 11.1 Å². The number of rotatable bonds is 10. The lowest BCUT2D eigenvalue weighted by Gasteiger charge is -2.21. The monoisotopic (exact) mass is 570 g/mol. The Morgan fingerprint density at radius 3 is 2.39 bits per heavy atom. The second kappa shape index (κ2) is 12.4.